The second-order valence-electron chi connectivity index (χ2n) is 8.16. The Labute approximate surface area is 200 Å². The van der Waals surface area contributed by atoms with E-state index in [1.807, 2.05) is 0 Å². The lowest BCUT2D eigenvalue weighted by Gasteiger charge is -2.24. The lowest BCUT2D eigenvalue weighted by molar-refractivity contribution is 0.0979. The van der Waals surface area contributed by atoms with Crippen LogP contribution in [0.25, 0.3) is 0 Å². The normalized spacial score (nSPS) is 12.0. The van der Waals surface area contributed by atoms with Gasteiger partial charge in [0.05, 0.1) is 28.1 Å². The van der Waals surface area contributed by atoms with Crippen molar-refractivity contribution in [2.24, 2.45) is 0 Å². The number of nitrogens with two attached hydrogens (primary N) is 3. The Kier molecular flexibility index (Phi) is 5.18. The summed E-state index contributed by atoms with van der Waals surface area (Å²) >= 11 is 0. The molecule has 0 unspecified atom stereocenters. The minimum Gasteiger partial charge on any atom is -0.399 e. The Bertz CT molecular complexity index is 1510. The number of carbonyl (C=O) groups excluding carboxylic acids is 3. The fourth-order valence-corrected chi connectivity index (χ4v) is 4.09. The maximum atomic E-state index is 13.5. The molecule has 0 heterocycles. The molecule has 4 aromatic rings. The fraction of sp³-hybridized carbons (Fsp3) is 0. The van der Waals surface area contributed by atoms with Crippen LogP contribution in [0, 0.1) is 0 Å². The highest BCUT2D eigenvalue weighted by Crippen LogP contribution is 2.39. The Balaban J connectivity index is 1.66. The van der Waals surface area contributed by atoms with Crippen molar-refractivity contribution in [3.05, 3.63) is 107 Å². The van der Waals surface area contributed by atoms with E-state index in [9.17, 15) is 14.4 Å². The van der Waals surface area contributed by atoms with Crippen LogP contribution in [0.4, 0.5) is 34.1 Å². The van der Waals surface area contributed by atoms with E-state index in [2.05, 4.69) is 10.6 Å². The first-order chi connectivity index (χ1) is 16.8. The molecule has 0 saturated carbocycles. The molecule has 0 fully saturated rings. The number of anilines is 6. The molecule has 0 atom stereocenters. The smallest absolute Gasteiger partial charge is 0.257 e. The van der Waals surface area contributed by atoms with E-state index in [0.29, 0.717) is 22.7 Å². The maximum absolute atomic E-state index is 13.5. The quantitative estimate of drug-likeness (QED) is 0.250. The average molecular weight is 463 g/mol. The summed E-state index contributed by atoms with van der Waals surface area (Å²) in [7, 11) is 0. The second-order valence-corrected chi connectivity index (χ2v) is 8.16. The SMILES string of the molecule is Nc1ccc(NC(=O)c2cc(Nc3ccc(N)cc3)c3c(c2N)C(=O)c2ccccc2C3=O)cc1. The van der Waals surface area contributed by atoms with Crippen LogP contribution in [-0.4, -0.2) is 17.5 Å². The summed E-state index contributed by atoms with van der Waals surface area (Å²) in [4.78, 5) is 40.2. The van der Waals surface area contributed by atoms with Gasteiger partial charge in [0.15, 0.2) is 11.6 Å². The third-order valence-electron chi connectivity index (χ3n) is 5.84. The van der Waals surface area contributed by atoms with Gasteiger partial charge in [-0.25, -0.2) is 0 Å². The van der Waals surface area contributed by atoms with Crippen molar-refractivity contribution in [3.8, 4) is 0 Å². The van der Waals surface area contributed by atoms with Crippen LogP contribution >= 0.6 is 0 Å². The Morgan fingerprint density at radius 2 is 1.17 bits per heavy atom. The van der Waals surface area contributed by atoms with Gasteiger partial charge in [0, 0.05) is 33.9 Å². The molecule has 172 valence electrons. The molecule has 1 aliphatic rings. The minimum atomic E-state index is -0.533. The summed E-state index contributed by atoms with van der Waals surface area (Å²) in [5.74, 6) is -1.31. The Morgan fingerprint density at radius 1 is 0.657 bits per heavy atom. The number of nitrogens with one attached hydrogen (secondary N) is 2. The molecule has 5 rings (SSSR count). The third-order valence-corrected chi connectivity index (χ3v) is 5.84. The fourth-order valence-electron chi connectivity index (χ4n) is 4.09. The van der Waals surface area contributed by atoms with Crippen LogP contribution < -0.4 is 27.8 Å². The summed E-state index contributed by atoms with van der Waals surface area (Å²) in [6.45, 7) is 0. The highest BCUT2D eigenvalue weighted by molar-refractivity contribution is 6.33. The first-order valence-electron chi connectivity index (χ1n) is 10.8. The van der Waals surface area contributed by atoms with Crippen molar-refractivity contribution in [2.75, 3.05) is 27.8 Å². The largest absolute Gasteiger partial charge is 0.399 e. The standard InChI is InChI=1S/C27H21N5O3/c28-14-5-9-16(10-6-14)31-21-13-20(27(35)32-17-11-7-15(29)8-12-17)24(30)23-22(21)25(33)18-3-1-2-4-19(18)26(23)34/h1-13,31H,28-30H2,(H,32,35). The van der Waals surface area contributed by atoms with Crippen LogP contribution in [0.3, 0.4) is 0 Å². The van der Waals surface area contributed by atoms with Crippen molar-refractivity contribution < 1.29 is 14.4 Å². The molecule has 0 aromatic heterocycles. The number of hydrogen-bond acceptors (Lipinski definition) is 7. The van der Waals surface area contributed by atoms with Gasteiger partial charge in [-0.15, -0.1) is 0 Å². The number of amides is 1. The van der Waals surface area contributed by atoms with E-state index < -0.39 is 11.7 Å². The summed E-state index contributed by atoms with van der Waals surface area (Å²) in [6, 6.07) is 21.5. The van der Waals surface area contributed by atoms with Gasteiger partial charge in [-0.2, -0.15) is 0 Å². The monoisotopic (exact) mass is 463 g/mol. The topological polar surface area (TPSA) is 153 Å². The van der Waals surface area contributed by atoms with Gasteiger partial charge < -0.3 is 27.8 Å². The molecule has 8 nitrogen and oxygen atoms in total. The van der Waals surface area contributed by atoms with Crippen LogP contribution in [0.5, 0.6) is 0 Å². The Morgan fingerprint density at radius 3 is 1.74 bits per heavy atom. The lowest BCUT2D eigenvalue weighted by atomic mass is 9.81. The van der Waals surface area contributed by atoms with Crippen LogP contribution in [0.2, 0.25) is 0 Å². The van der Waals surface area contributed by atoms with Gasteiger partial charge in [-0.05, 0) is 54.6 Å². The van der Waals surface area contributed by atoms with Crippen molar-refractivity contribution in [3.63, 3.8) is 0 Å². The molecular weight excluding hydrogens is 442 g/mol. The van der Waals surface area contributed by atoms with Crippen molar-refractivity contribution in [1.82, 2.24) is 0 Å². The van der Waals surface area contributed by atoms with Gasteiger partial charge in [0.1, 0.15) is 0 Å². The number of nitrogen functional groups attached to an aromatic ring is 3. The number of carbonyl (C=O) groups is 3. The first-order valence-corrected chi connectivity index (χ1v) is 10.8. The molecular formula is C27H21N5O3. The van der Waals surface area contributed by atoms with E-state index in [1.165, 1.54) is 6.07 Å². The van der Waals surface area contributed by atoms with E-state index >= 15 is 0 Å². The molecule has 0 spiro atoms. The molecule has 8 N–H and O–H groups in total. The highest BCUT2D eigenvalue weighted by Gasteiger charge is 2.35. The van der Waals surface area contributed by atoms with Gasteiger partial charge >= 0.3 is 0 Å². The third kappa shape index (κ3) is 3.83. The molecule has 0 radical (unpaired) electrons. The summed E-state index contributed by atoms with van der Waals surface area (Å²) in [5.41, 5.74) is 21.0. The summed E-state index contributed by atoms with van der Waals surface area (Å²) in [5, 5.41) is 5.92. The first kappa shape index (κ1) is 21.7. The lowest BCUT2D eigenvalue weighted by Crippen LogP contribution is -2.26. The van der Waals surface area contributed by atoms with Crippen molar-refractivity contribution in [2.45, 2.75) is 0 Å². The predicted octanol–water partition coefficient (Wildman–Crippen LogP) is 4.20. The maximum Gasteiger partial charge on any atom is 0.257 e. The number of hydrogen-bond donors (Lipinski definition) is 5. The molecule has 1 amide bonds. The van der Waals surface area contributed by atoms with E-state index in [0.717, 1.165) is 0 Å². The summed E-state index contributed by atoms with van der Waals surface area (Å²) in [6.07, 6.45) is 0. The zero-order valence-corrected chi connectivity index (χ0v) is 18.5. The van der Waals surface area contributed by atoms with E-state index in [4.69, 9.17) is 17.2 Å². The van der Waals surface area contributed by atoms with Crippen LogP contribution in [-0.2, 0) is 0 Å². The van der Waals surface area contributed by atoms with Gasteiger partial charge in [0.2, 0.25) is 0 Å². The zero-order chi connectivity index (χ0) is 24.7. The average Bonchev–Trinajstić information content (AvgIpc) is 2.86. The molecule has 0 aliphatic heterocycles. The molecule has 1 aliphatic carbocycles. The van der Waals surface area contributed by atoms with Crippen molar-refractivity contribution in [1.29, 1.82) is 0 Å². The number of fused-ring (bicyclic) bond motifs is 2. The highest BCUT2D eigenvalue weighted by atomic mass is 16.2. The van der Waals surface area contributed by atoms with Gasteiger partial charge in [-0.1, -0.05) is 24.3 Å². The predicted molar refractivity (Wildman–Crippen MR) is 137 cm³/mol. The zero-order valence-electron chi connectivity index (χ0n) is 18.5. The van der Waals surface area contributed by atoms with Gasteiger partial charge in [0.25, 0.3) is 5.91 Å². The van der Waals surface area contributed by atoms with Crippen LogP contribution in [0.15, 0.2) is 78.9 Å². The van der Waals surface area contributed by atoms with E-state index in [1.54, 1.807) is 72.8 Å². The molecule has 0 bridgehead atoms. The van der Waals surface area contributed by atoms with Crippen molar-refractivity contribution >= 4 is 51.6 Å². The second kappa shape index (κ2) is 8.35. The molecule has 35 heavy (non-hydrogen) atoms. The molecule has 0 saturated heterocycles. The number of rotatable bonds is 4. The number of benzene rings is 4. The summed E-state index contributed by atoms with van der Waals surface area (Å²) < 4.78 is 0. The number of ketones is 2. The van der Waals surface area contributed by atoms with Crippen LogP contribution in [0.1, 0.15) is 42.2 Å². The minimum absolute atomic E-state index is 0.00315. The Hall–Kier alpha value is -5.11. The van der Waals surface area contributed by atoms with E-state index in [-0.39, 0.29) is 45.0 Å². The molecule has 4 aromatic carbocycles. The van der Waals surface area contributed by atoms with Gasteiger partial charge in [-0.3, -0.25) is 14.4 Å². The molecule has 8 heteroatoms.